The summed E-state index contributed by atoms with van der Waals surface area (Å²) in [5.41, 5.74) is 6.31. The molecular formula is C26H30N6O4. The average Bonchev–Trinajstić information content (AvgIpc) is 3.50. The Balaban J connectivity index is 1.90. The SMILES string of the molecule is CCCCN(C(=O)c1cn(-c2ccccc2)nc1-c1ccc(C)o1)c1c(N)n(CCC)c(=O)[nH]c1=O. The molecule has 3 N–H and O–H groups in total. The van der Waals surface area contributed by atoms with Crippen molar-refractivity contribution in [3.63, 3.8) is 0 Å². The maximum Gasteiger partial charge on any atom is 0.330 e. The van der Waals surface area contributed by atoms with Gasteiger partial charge in [-0.05, 0) is 44.0 Å². The fraction of sp³-hybridized carbons (Fsp3) is 0.308. The summed E-state index contributed by atoms with van der Waals surface area (Å²) in [4.78, 5) is 43.1. The van der Waals surface area contributed by atoms with Crippen LogP contribution in [0.1, 0.15) is 49.2 Å². The van der Waals surface area contributed by atoms with E-state index in [4.69, 9.17) is 10.2 Å². The zero-order valence-electron chi connectivity index (χ0n) is 20.7. The molecule has 0 fully saturated rings. The molecule has 3 aromatic heterocycles. The Morgan fingerprint density at radius 2 is 1.86 bits per heavy atom. The summed E-state index contributed by atoms with van der Waals surface area (Å²) in [6.45, 7) is 6.24. The largest absolute Gasteiger partial charge is 0.460 e. The first-order chi connectivity index (χ1) is 17.3. The van der Waals surface area contributed by atoms with E-state index >= 15 is 0 Å². The minimum Gasteiger partial charge on any atom is -0.460 e. The van der Waals surface area contributed by atoms with Gasteiger partial charge in [0.15, 0.2) is 11.4 Å². The van der Waals surface area contributed by atoms with Crippen LogP contribution in [0.5, 0.6) is 0 Å². The number of unbranched alkanes of at least 4 members (excludes halogenated alkanes) is 1. The van der Waals surface area contributed by atoms with Gasteiger partial charge in [0.2, 0.25) is 0 Å². The number of para-hydroxylation sites is 1. The van der Waals surface area contributed by atoms with Gasteiger partial charge >= 0.3 is 5.69 Å². The molecule has 0 saturated heterocycles. The third-order valence-corrected chi connectivity index (χ3v) is 5.85. The second kappa shape index (κ2) is 10.5. The van der Waals surface area contributed by atoms with E-state index in [0.717, 1.165) is 12.1 Å². The minimum absolute atomic E-state index is 0.0408. The molecule has 0 unspecified atom stereocenters. The Morgan fingerprint density at radius 3 is 2.50 bits per heavy atom. The Morgan fingerprint density at radius 1 is 1.11 bits per heavy atom. The smallest absolute Gasteiger partial charge is 0.330 e. The molecule has 3 heterocycles. The monoisotopic (exact) mass is 490 g/mol. The van der Waals surface area contributed by atoms with E-state index in [1.54, 1.807) is 23.0 Å². The van der Waals surface area contributed by atoms with E-state index in [0.29, 0.717) is 36.6 Å². The van der Waals surface area contributed by atoms with Crippen LogP contribution >= 0.6 is 0 Å². The van der Waals surface area contributed by atoms with Crippen LogP contribution in [0.3, 0.4) is 0 Å². The molecule has 0 radical (unpaired) electrons. The van der Waals surface area contributed by atoms with Crippen LogP contribution in [0.4, 0.5) is 11.5 Å². The summed E-state index contributed by atoms with van der Waals surface area (Å²) in [7, 11) is 0. The lowest BCUT2D eigenvalue weighted by Gasteiger charge is -2.24. The highest BCUT2D eigenvalue weighted by atomic mass is 16.3. The number of aromatic nitrogens is 4. The normalized spacial score (nSPS) is 11.1. The summed E-state index contributed by atoms with van der Waals surface area (Å²) in [5.74, 6) is 0.598. The van der Waals surface area contributed by atoms with Gasteiger partial charge in [0, 0.05) is 19.3 Å². The van der Waals surface area contributed by atoms with E-state index in [1.807, 2.05) is 51.1 Å². The van der Waals surface area contributed by atoms with Crippen molar-refractivity contribution in [1.29, 1.82) is 0 Å². The Hall–Kier alpha value is -4.34. The molecule has 1 aromatic carbocycles. The fourth-order valence-electron chi connectivity index (χ4n) is 4.05. The van der Waals surface area contributed by atoms with E-state index in [9.17, 15) is 14.4 Å². The Labute approximate surface area is 208 Å². The number of hydrogen-bond donors (Lipinski definition) is 2. The number of H-pyrrole nitrogens is 1. The van der Waals surface area contributed by atoms with Crippen LogP contribution in [0, 0.1) is 6.92 Å². The minimum atomic E-state index is -0.708. The number of nitrogens with two attached hydrogens (primary N) is 1. The van der Waals surface area contributed by atoms with Crippen molar-refractivity contribution in [2.75, 3.05) is 17.2 Å². The first-order valence-corrected chi connectivity index (χ1v) is 12.0. The number of aromatic amines is 1. The molecule has 10 heteroatoms. The maximum absolute atomic E-state index is 14.1. The quantitative estimate of drug-likeness (QED) is 0.367. The molecule has 188 valence electrons. The summed E-state index contributed by atoms with van der Waals surface area (Å²) in [5, 5.41) is 4.65. The molecule has 0 aliphatic heterocycles. The van der Waals surface area contributed by atoms with Crippen molar-refractivity contribution < 1.29 is 9.21 Å². The van der Waals surface area contributed by atoms with Crippen molar-refractivity contribution in [2.24, 2.45) is 0 Å². The van der Waals surface area contributed by atoms with Gasteiger partial charge in [-0.15, -0.1) is 0 Å². The van der Waals surface area contributed by atoms with E-state index < -0.39 is 17.2 Å². The Kier molecular flexibility index (Phi) is 7.23. The number of rotatable bonds is 9. The molecule has 4 rings (SSSR count). The first-order valence-electron chi connectivity index (χ1n) is 12.0. The van der Waals surface area contributed by atoms with Gasteiger partial charge in [0.25, 0.3) is 11.5 Å². The van der Waals surface area contributed by atoms with Crippen molar-refractivity contribution >= 4 is 17.4 Å². The van der Waals surface area contributed by atoms with Gasteiger partial charge in [0.05, 0.1) is 11.3 Å². The highest BCUT2D eigenvalue weighted by Gasteiger charge is 2.29. The number of nitrogens with one attached hydrogen (secondary N) is 1. The summed E-state index contributed by atoms with van der Waals surface area (Å²) in [6, 6.07) is 12.9. The Bertz CT molecular complexity index is 1480. The predicted octanol–water partition coefficient (Wildman–Crippen LogP) is 3.73. The van der Waals surface area contributed by atoms with Gasteiger partial charge in [-0.1, -0.05) is 38.5 Å². The molecule has 1 amide bonds. The van der Waals surface area contributed by atoms with Gasteiger partial charge in [-0.3, -0.25) is 19.1 Å². The first kappa shape index (κ1) is 24.8. The molecule has 36 heavy (non-hydrogen) atoms. The van der Waals surface area contributed by atoms with E-state index in [1.165, 1.54) is 9.47 Å². The second-order valence-corrected chi connectivity index (χ2v) is 8.54. The molecule has 0 spiro atoms. The van der Waals surface area contributed by atoms with Gasteiger partial charge in [0.1, 0.15) is 17.3 Å². The predicted molar refractivity (Wildman–Crippen MR) is 139 cm³/mol. The third-order valence-electron chi connectivity index (χ3n) is 5.85. The van der Waals surface area contributed by atoms with Crippen LogP contribution in [0.25, 0.3) is 17.1 Å². The molecule has 0 aliphatic rings. The number of amides is 1. The highest BCUT2D eigenvalue weighted by Crippen LogP contribution is 2.29. The molecular weight excluding hydrogens is 460 g/mol. The number of nitrogen functional groups attached to an aromatic ring is 1. The average molecular weight is 491 g/mol. The topological polar surface area (TPSA) is 132 Å². The lowest BCUT2D eigenvalue weighted by Crippen LogP contribution is -2.41. The van der Waals surface area contributed by atoms with Crippen LogP contribution in [0.2, 0.25) is 0 Å². The van der Waals surface area contributed by atoms with Crippen LogP contribution in [-0.2, 0) is 6.54 Å². The third kappa shape index (κ3) is 4.74. The van der Waals surface area contributed by atoms with E-state index in [-0.39, 0.29) is 23.6 Å². The van der Waals surface area contributed by atoms with Crippen molar-refractivity contribution in [2.45, 2.75) is 46.6 Å². The zero-order valence-corrected chi connectivity index (χ0v) is 20.7. The molecule has 0 aliphatic carbocycles. The van der Waals surface area contributed by atoms with Crippen molar-refractivity contribution in [1.82, 2.24) is 19.3 Å². The maximum atomic E-state index is 14.1. The van der Waals surface area contributed by atoms with E-state index in [2.05, 4.69) is 10.1 Å². The second-order valence-electron chi connectivity index (χ2n) is 8.54. The standard InChI is InChI=1S/C26H30N6O4/c1-4-6-15-30(22-23(27)31(14-5-2)26(35)28-24(22)33)25(34)19-16-32(18-10-8-7-9-11-18)29-21(19)20-13-12-17(3)36-20/h7-13,16H,4-6,14-15,27H2,1-3H3,(H,28,33,35). The molecule has 10 nitrogen and oxygen atoms in total. The van der Waals surface area contributed by atoms with Crippen LogP contribution in [-0.4, -0.2) is 31.8 Å². The molecule has 0 bridgehead atoms. The summed E-state index contributed by atoms with van der Waals surface area (Å²) < 4.78 is 8.69. The number of carbonyl (C=O) groups is 1. The van der Waals surface area contributed by atoms with Gasteiger partial charge in [-0.25, -0.2) is 9.48 Å². The lowest BCUT2D eigenvalue weighted by molar-refractivity contribution is 0.0986. The number of carbonyl (C=O) groups excluding carboxylic acids is 1. The van der Waals surface area contributed by atoms with Gasteiger partial charge < -0.3 is 15.1 Å². The molecule has 0 atom stereocenters. The number of furan rings is 1. The van der Waals surface area contributed by atoms with Crippen LogP contribution < -0.4 is 21.9 Å². The van der Waals surface area contributed by atoms with Gasteiger partial charge in [-0.2, -0.15) is 5.10 Å². The number of nitrogens with zero attached hydrogens (tertiary/aromatic N) is 4. The number of aryl methyl sites for hydroxylation is 1. The number of anilines is 2. The van der Waals surface area contributed by atoms with Crippen LogP contribution in [0.15, 0.2) is 62.7 Å². The lowest BCUT2D eigenvalue weighted by atomic mass is 10.1. The molecule has 0 saturated carbocycles. The van der Waals surface area contributed by atoms with Crippen molar-refractivity contribution in [3.05, 3.63) is 80.8 Å². The highest BCUT2D eigenvalue weighted by molar-refractivity contribution is 6.10. The molecule has 4 aromatic rings. The fourth-order valence-corrected chi connectivity index (χ4v) is 4.05. The number of benzene rings is 1. The summed E-state index contributed by atoms with van der Waals surface area (Å²) in [6.07, 6.45) is 3.66. The zero-order chi connectivity index (χ0) is 25.8. The number of hydrogen-bond acceptors (Lipinski definition) is 6. The summed E-state index contributed by atoms with van der Waals surface area (Å²) >= 11 is 0. The van der Waals surface area contributed by atoms with Crippen molar-refractivity contribution in [3.8, 4) is 17.1 Å².